The zero-order valence-corrected chi connectivity index (χ0v) is 15.0. The lowest BCUT2D eigenvalue weighted by molar-refractivity contribution is -0.128. The van der Waals surface area contributed by atoms with Gasteiger partial charge in [0.2, 0.25) is 0 Å². The molecule has 1 amide bonds. The highest BCUT2D eigenvalue weighted by Gasteiger charge is 2.23. The largest absolute Gasteiger partial charge is 0.481 e. The Labute approximate surface area is 144 Å². The number of piperidine rings is 1. The quantitative estimate of drug-likeness (QED) is 0.865. The third kappa shape index (κ3) is 6.04. The molecular formula is C18H27ClN2O2. The molecule has 4 nitrogen and oxygen atoms in total. The highest BCUT2D eigenvalue weighted by Crippen LogP contribution is 2.17. The van der Waals surface area contributed by atoms with Gasteiger partial charge >= 0.3 is 0 Å². The number of rotatable bonds is 6. The Morgan fingerprint density at radius 3 is 2.43 bits per heavy atom. The van der Waals surface area contributed by atoms with Gasteiger partial charge in [0.05, 0.1) is 0 Å². The van der Waals surface area contributed by atoms with Crippen LogP contribution in [0.15, 0.2) is 24.3 Å². The lowest BCUT2D eigenvalue weighted by Crippen LogP contribution is -2.48. The maximum absolute atomic E-state index is 12.3. The summed E-state index contributed by atoms with van der Waals surface area (Å²) in [4.78, 5) is 14.7. The van der Waals surface area contributed by atoms with Crippen molar-refractivity contribution >= 4 is 17.5 Å². The van der Waals surface area contributed by atoms with Crippen LogP contribution < -0.4 is 10.1 Å². The average Bonchev–Trinajstić information content (AvgIpc) is 2.51. The zero-order valence-electron chi connectivity index (χ0n) is 14.2. The third-order valence-corrected chi connectivity index (χ3v) is 4.31. The molecule has 1 unspecified atom stereocenters. The number of likely N-dealkylation sites (tertiary alicyclic amines) is 1. The summed E-state index contributed by atoms with van der Waals surface area (Å²) in [5, 5.41) is 3.76. The maximum atomic E-state index is 12.3. The molecule has 1 saturated heterocycles. The number of carbonyl (C=O) groups is 1. The summed E-state index contributed by atoms with van der Waals surface area (Å²) in [5.74, 6) is 1.29. The number of nitrogens with one attached hydrogen (secondary N) is 1. The van der Waals surface area contributed by atoms with Crippen molar-refractivity contribution < 1.29 is 9.53 Å². The van der Waals surface area contributed by atoms with Gasteiger partial charge in [0.15, 0.2) is 6.10 Å². The van der Waals surface area contributed by atoms with E-state index in [9.17, 15) is 4.79 Å². The van der Waals surface area contributed by atoms with Gasteiger partial charge in [0.1, 0.15) is 5.75 Å². The predicted molar refractivity (Wildman–Crippen MR) is 94.0 cm³/mol. The van der Waals surface area contributed by atoms with Crippen LogP contribution in [0.5, 0.6) is 5.75 Å². The molecule has 0 spiro atoms. The molecule has 0 aliphatic carbocycles. The normalized spacial score (nSPS) is 18.0. The molecule has 1 heterocycles. The predicted octanol–water partition coefficient (Wildman–Crippen LogP) is 3.34. The van der Waals surface area contributed by atoms with Crippen molar-refractivity contribution in [3.05, 3.63) is 29.3 Å². The Hall–Kier alpha value is -1.26. The first kappa shape index (κ1) is 18.1. The number of hydrogen-bond acceptors (Lipinski definition) is 3. The van der Waals surface area contributed by atoms with Gasteiger partial charge in [0.25, 0.3) is 5.91 Å². The molecule has 128 valence electrons. The molecule has 0 bridgehead atoms. The first-order valence-electron chi connectivity index (χ1n) is 8.39. The molecule has 23 heavy (non-hydrogen) atoms. The molecule has 1 atom stereocenters. The second-order valence-corrected chi connectivity index (χ2v) is 7.13. The number of halogens is 1. The van der Waals surface area contributed by atoms with E-state index >= 15 is 0 Å². The van der Waals surface area contributed by atoms with E-state index in [-0.39, 0.29) is 11.9 Å². The number of nitrogens with zero attached hydrogens (tertiary/aromatic N) is 1. The average molecular weight is 339 g/mol. The Balaban J connectivity index is 1.75. The molecule has 1 N–H and O–H groups in total. The van der Waals surface area contributed by atoms with Gasteiger partial charge in [-0.05, 0) is 49.9 Å². The van der Waals surface area contributed by atoms with Gasteiger partial charge in [-0.3, -0.25) is 4.79 Å². The fourth-order valence-electron chi connectivity index (χ4n) is 2.87. The molecular weight excluding hydrogens is 312 g/mol. The molecule has 1 aromatic rings. The van der Waals surface area contributed by atoms with Crippen LogP contribution in [0.3, 0.4) is 0 Å². The minimum absolute atomic E-state index is 0.0535. The van der Waals surface area contributed by atoms with Gasteiger partial charge in [-0.15, -0.1) is 0 Å². The van der Waals surface area contributed by atoms with Crippen LogP contribution in [-0.2, 0) is 4.79 Å². The van der Waals surface area contributed by atoms with Crippen LogP contribution in [0.25, 0.3) is 0 Å². The number of benzene rings is 1. The Morgan fingerprint density at radius 1 is 1.26 bits per heavy atom. The minimum Gasteiger partial charge on any atom is -0.481 e. The van der Waals surface area contributed by atoms with Gasteiger partial charge in [-0.1, -0.05) is 25.4 Å². The van der Waals surface area contributed by atoms with E-state index in [1.165, 1.54) is 0 Å². The fourth-order valence-corrected chi connectivity index (χ4v) is 2.99. The van der Waals surface area contributed by atoms with Crippen molar-refractivity contribution in [2.24, 2.45) is 5.92 Å². The third-order valence-electron chi connectivity index (χ3n) is 4.05. The molecule has 1 aromatic carbocycles. The summed E-state index contributed by atoms with van der Waals surface area (Å²) in [7, 11) is 0. The van der Waals surface area contributed by atoms with E-state index in [0.717, 1.165) is 32.5 Å². The highest BCUT2D eigenvalue weighted by molar-refractivity contribution is 6.30. The van der Waals surface area contributed by atoms with E-state index in [1.54, 1.807) is 31.2 Å². The summed E-state index contributed by atoms with van der Waals surface area (Å²) in [6, 6.07) is 7.31. The van der Waals surface area contributed by atoms with Crippen molar-refractivity contribution in [3.8, 4) is 5.75 Å². The van der Waals surface area contributed by atoms with Crippen LogP contribution >= 0.6 is 11.6 Å². The topological polar surface area (TPSA) is 41.6 Å². The number of ether oxygens (including phenoxy) is 1. The van der Waals surface area contributed by atoms with E-state index in [1.807, 2.05) is 0 Å². The minimum atomic E-state index is -0.509. The van der Waals surface area contributed by atoms with Crippen LogP contribution in [0.4, 0.5) is 0 Å². The first-order chi connectivity index (χ1) is 10.9. The Morgan fingerprint density at radius 2 is 1.87 bits per heavy atom. The number of amides is 1. The van der Waals surface area contributed by atoms with Crippen LogP contribution in [-0.4, -0.2) is 42.6 Å². The summed E-state index contributed by atoms with van der Waals surface area (Å²) in [6.45, 7) is 9.49. The smallest absolute Gasteiger partial charge is 0.260 e. The summed E-state index contributed by atoms with van der Waals surface area (Å²) < 4.78 is 5.67. The summed E-state index contributed by atoms with van der Waals surface area (Å²) in [5.41, 5.74) is 0. The lowest BCUT2D eigenvalue weighted by atomic mass is 10.0. The molecule has 0 aromatic heterocycles. The molecule has 5 heteroatoms. The van der Waals surface area contributed by atoms with Crippen molar-refractivity contribution in [1.82, 2.24) is 10.2 Å². The zero-order chi connectivity index (χ0) is 16.8. The highest BCUT2D eigenvalue weighted by atomic mass is 35.5. The SMILES string of the molecule is CC(C)CN1CCC(NC(=O)C(C)Oc2ccc(Cl)cc2)CC1. The maximum Gasteiger partial charge on any atom is 0.260 e. The van der Waals surface area contributed by atoms with Crippen LogP contribution in [0.1, 0.15) is 33.6 Å². The van der Waals surface area contributed by atoms with E-state index in [0.29, 0.717) is 16.7 Å². The second kappa shape index (κ2) is 8.55. The molecule has 0 radical (unpaired) electrons. The number of hydrogen-bond donors (Lipinski definition) is 1. The van der Waals surface area contributed by atoms with Crippen molar-refractivity contribution in [3.63, 3.8) is 0 Å². The van der Waals surface area contributed by atoms with E-state index < -0.39 is 6.10 Å². The lowest BCUT2D eigenvalue weighted by Gasteiger charge is -2.33. The van der Waals surface area contributed by atoms with Crippen LogP contribution in [0, 0.1) is 5.92 Å². The van der Waals surface area contributed by atoms with Crippen molar-refractivity contribution in [1.29, 1.82) is 0 Å². The van der Waals surface area contributed by atoms with Gasteiger partial charge in [-0.2, -0.15) is 0 Å². The molecule has 2 rings (SSSR count). The first-order valence-corrected chi connectivity index (χ1v) is 8.77. The Bertz CT molecular complexity index is 496. The second-order valence-electron chi connectivity index (χ2n) is 6.69. The van der Waals surface area contributed by atoms with Gasteiger partial charge in [0, 0.05) is 30.7 Å². The van der Waals surface area contributed by atoms with E-state index in [2.05, 4.69) is 24.1 Å². The van der Waals surface area contributed by atoms with E-state index in [4.69, 9.17) is 16.3 Å². The summed E-state index contributed by atoms with van der Waals surface area (Å²) in [6.07, 6.45) is 1.50. The fraction of sp³-hybridized carbons (Fsp3) is 0.611. The summed E-state index contributed by atoms with van der Waals surface area (Å²) >= 11 is 5.84. The van der Waals surface area contributed by atoms with Crippen molar-refractivity contribution in [2.75, 3.05) is 19.6 Å². The monoisotopic (exact) mass is 338 g/mol. The number of carbonyl (C=O) groups excluding carboxylic acids is 1. The van der Waals surface area contributed by atoms with Gasteiger partial charge in [-0.25, -0.2) is 0 Å². The molecule has 1 aliphatic rings. The van der Waals surface area contributed by atoms with Crippen LogP contribution in [0.2, 0.25) is 5.02 Å². The van der Waals surface area contributed by atoms with Gasteiger partial charge < -0.3 is 15.0 Å². The van der Waals surface area contributed by atoms with Crippen molar-refractivity contribution in [2.45, 2.75) is 45.8 Å². The Kier molecular flexibility index (Phi) is 6.72. The molecule has 0 saturated carbocycles. The molecule has 1 aliphatic heterocycles. The molecule has 1 fully saturated rings. The standard InChI is InChI=1S/C18H27ClN2O2/c1-13(2)12-21-10-8-16(9-11-21)20-18(22)14(3)23-17-6-4-15(19)5-7-17/h4-7,13-14,16H,8-12H2,1-3H3,(H,20,22).